The summed E-state index contributed by atoms with van der Waals surface area (Å²) in [6, 6.07) is 7.30. The zero-order valence-electron chi connectivity index (χ0n) is 10.7. The molecule has 1 atom stereocenters. The fourth-order valence-electron chi connectivity index (χ4n) is 1.83. The van der Waals surface area contributed by atoms with Gasteiger partial charge in [0.1, 0.15) is 0 Å². The van der Waals surface area contributed by atoms with Crippen molar-refractivity contribution in [1.29, 1.82) is 0 Å². The van der Waals surface area contributed by atoms with Gasteiger partial charge < -0.3 is 11.1 Å². The molecule has 94 valence electrons. The third kappa shape index (κ3) is 4.47. The Bertz CT molecular complexity index is 363. The Labute approximate surface area is 103 Å². The van der Waals surface area contributed by atoms with Crippen LogP contribution in [0.3, 0.4) is 0 Å². The quantitative estimate of drug-likeness (QED) is 0.741. The van der Waals surface area contributed by atoms with Crippen molar-refractivity contribution in [2.75, 3.05) is 11.1 Å². The van der Waals surface area contributed by atoms with Gasteiger partial charge >= 0.3 is 0 Å². The third-order valence-corrected chi connectivity index (χ3v) is 2.92. The van der Waals surface area contributed by atoms with E-state index < -0.39 is 0 Å². The summed E-state index contributed by atoms with van der Waals surface area (Å²) in [4.78, 5) is 12.0. The summed E-state index contributed by atoms with van der Waals surface area (Å²) in [6.45, 7) is 4.20. The molecule has 1 rings (SSSR count). The summed E-state index contributed by atoms with van der Waals surface area (Å²) in [6.07, 6.45) is 4.07. The molecule has 0 fully saturated rings. The summed E-state index contributed by atoms with van der Waals surface area (Å²) in [5, 5.41) is 2.92. The van der Waals surface area contributed by atoms with E-state index in [2.05, 4.69) is 19.2 Å². The number of amides is 1. The smallest absolute Gasteiger partial charge is 0.227 e. The molecule has 1 aromatic rings. The van der Waals surface area contributed by atoms with Gasteiger partial charge in [-0.05, 0) is 31.0 Å². The molecule has 0 radical (unpaired) electrons. The van der Waals surface area contributed by atoms with Gasteiger partial charge in [0.05, 0.1) is 0 Å². The van der Waals surface area contributed by atoms with Crippen molar-refractivity contribution in [2.45, 2.75) is 39.5 Å². The van der Waals surface area contributed by atoms with Gasteiger partial charge in [0.15, 0.2) is 0 Å². The molecule has 3 heteroatoms. The van der Waals surface area contributed by atoms with Crippen LogP contribution in [-0.4, -0.2) is 5.91 Å². The first-order valence-corrected chi connectivity index (χ1v) is 6.33. The van der Waals surface area contributed by atoms with Crippen molar-refractivity contribution in [2.24, 2.45) is 5.92 Å². The highest BCUT2D eigenvalue weighted by molar-refractivity contribution is 5.92. The van der Waals surface area contributed by atoms with Gasteiger partial charge in [-0.3, -0.25) is 4.79 Å². The molecular weight excluding hydrogens is 212 g/mol. The monoisotopic (exact) mass is 234 g/mol. The second-order valence-electron chi connectivity index (χ2n) is 4.36. The molecule has 0 saturated carbocycles. The van der Waals surface area contributed by atoms with Crippen LogP contribution in [0.15, 0.2) is 24.3 Å². The minimum Gasteiger partial charge on any atom is -0.399 e. The van der Waals surface area contributed by atoms with Crippen molar-refractivity contribution >= 4 is 17.3 Å². The minimum absolute atomic E-state index is 0.103. The summed E-state index contributed by atoms with van der Waals surface area (Å²) in [5.41, 5.74) is 7.12. The Morgan fingerprint density at radius 2 is 2.18 bits per heavy atom. The van der Waals surface area contributed by atoms with Crippen LogP contribution in [0.4, 0.5) is 11.4 Å². The first-order chi connectivity index (χ1) is 8.17. The summed E-state index contributed by atoms with van der Waals surface area (Å²) in [7, 11) is 0. The molecule has 1 aromatic carbocycles. The molecule has 3 nitrogen and oxygen atoms in total. The molecule has 0 bridgehead atoms. The lowest BCUT2D eigenvalue weighted by atomic mass is 9.98. The van der Waals surface area contributed by atoms with Gasteiger partial charge in [-0.1, -0.05) is 32.8 Å². The van der Waals surface area contributed by atoms with Crippen molar-refractivity contribution in [3.63, 3.8) is 0 Å². The molecule has 0 aromatic heterocycles. The van der Waals surface area contributed by atoms with Crippen LogP contribution in [0.5, 0.6) is 0 Å². The van der Waals surface area contributed by atoms with Crippen LogP contribution >= 0.6 is 0 Å². The van der Waals surface area contributed by atoms with Crippen LogP contribution in [0, 0.1) is 5.92 Å². The molecule has 1 unspecified atom stereocenters. The summed E-state index contributed by atoms with van der Waals surface area (Å²) < 4.78 is 0. The van der Waals surface area contributed by atoms with E-state index in [9.17, 15) is 4.79 Å². The van der Waals surface area contributed by atoms with E-state index in [1.807, 2.05) is 18.2 Å². The molecule has 0 saturated heterocycles. The molecule has 0 aliphatic heterocycles. The second-order valence-corrected chi connectivity index (χ2v) is 4.36. The predicted molar refractivity (Wildman–Crippen MR) is 72.8 cm³/mol. The number of nitrogen functional groups attached to an aromatic ring is 1. The number of hydrogen-bond donors (Lipinski definition) is 2. The largest absolute Gasteiger partial charge is 0.399 e. The maximum atomic E-state index is 12.0. The van der Waals surface area contributed by atoms with Gasteiger partial charge in [-0.15, -0.1) is 0 Å². The van der Waals surface area contributed by atoms with Crippen molar-refractivity contribution in [1.82, 2.24) is 0 Å². The normalized spacial score (nSPS) is 12.1. The molecule has 0 spiro atoms. The highest BCUT2D eigenvalue weighted by Gasteiger charge is 2.15. The Balaban J connectivity index is 2.57. The van der Waals surface area contributed by atoms with Crippen LogP contribution in [-0.2, 0) is 4.79 Å². The number of carbonyl (C=O) groups excluding carboxylic acids is 1. The van der Waals surface area contributed by atoms with Gasteiger partial charge in [-0.25, -0.2) is 0 Å². The standard InChI is InChI=1S/C14H22N2O/c1-3-5-7-11(4-2)14(17)16-13-9-6-8-12(15)10-13/h6,8-11H,3-5,7,15H2,1-2H3,(H,16,17). The number of carbonyl (C=O) groups is 1. The Hall–Kier alpha value is -1.51. The number of rotatable bonds is 6. The first-order valence-electron chi connectivity index (χ1n) is 6.33. The molecule has 0 aliphatic rings. The van der Waals surface area contributed by atoms with Crippen molar-refractivity contribution in [3.8, 4) is 0 Å². The van der Waals surface area contributed by atoms with E-state index in [0.717, 1.165) is 31.4 Å². The SMILES string of the molecule is CCCCC(CC)C(=O)Nc1cccc(N)c1. The lowest BCUT2D eigenvalue weighted by Crippen LogP contribution is -2.22. The minimum atomic E-state index is 0.103. The molecule has 17 heavy (non-hydrogen) atoms. The van der Waals surface area contributed by atoms with E-state index in [1.165, 1.54) is 0 Å². The lowest BCUT2D eigenvalue weighted by molar-refractivity contribution is -0.120. The Kier molecular flexibility index (Phi) is 5.53. The average Bonchev–Trinajstić information content (AvgIpc) is 2.30. The van der Waals surface area contributed by atoms with E-state index in [1.54, 1.807) is 6.07 Å². The van der Waals surface area contributed by atoms with Crippen LogP contribution < -0.4 is 11.1 Å². The Morgan fingerprint density at radius 1 is 1.41 bits per heavy atom. The van der Waals surface area contributed by atoms with Crippen LogP contribution in [0.2, 0.25) is 0 Å². The third-order valence-electron chi connectivity index (χ3n) is 2.92. The number of anilines is 2. The number of hydrogen-bond acceptors (Lipinski definition) is 2. The van der Waals surface area contributed by atoms with Crippen molar-refractivity contribution < 1.29 is 4.79 Å². The van der Waals surface area contributed by atoms with E-state index >= 15 is 0 Å². The average molecular weight is 234 g/mol. The second kappa shape index (κ2) is 6.94. The van der Waals surface area contributed by atoms with E-state index in [0.29, 0.717) is 5.69 Å². The maximum Gasteiger partial charge on any atom is 0.227 e. The van der Waals surface area contributed by atoms with E-state index in [4.69, 9.17) is 5.73 Å². The van der Waals surface area contributed by atoms with Gasteiger partial charge in [-0.2, -0.15) is 0 Å². The Morgan fingerprint density at radius 3 is 2.76 bits per heavy atom. The molecule has 3 N–H and O–H groups in total. The number of nitrogens with two attached hydrogens (primary N) is 1. The van der Waals surface area contributed by atoms with E-state index in [-0.39, 0.29) is 11.8 Å². The van der Waals surface area contributed by atoms with Gasteiger partial charge in [0.25, 0.3) is 0 Å². The molecule has 0 aliphatic carbocycles. The maximum absolute atomic E-state index is 12.0. The predicted octanol–water partition coefficient (Wildman–Crippen LogP) is 3.42. The van der Waals surface area contributed by atoms with Gasteiger partial charge in [0.2, 0.25) is 5.91 Å². The number of unbranched alkanes of at least 4 members (excludes halogenated alkanes) is 1. The zero-order valence-corrected chi connectivity index (χ0v) is 10.7. The summed E-state index contributed by atoms with van der Waals surface area (Å²) in [5.74, 6) is 0.211. The highest BCUT2D eigenvalue weighted by Crippen LogP contribution is 2.17. The molecular formula is C14H22N2O. The molecule has 0 heterocycles. The first kappa shape index (κ1) is 13.6. The summed E-state index contributed by atoms with van der Waals surface area (Å²) >= 11 is 0. The fourth-order valence-corrected chi connectivity index (χ4v) is 1.83. The molecule has 1 amide bonds. The lowest BCUT2D eigenvalue weighted by Gasteiger charge is -2.14. The van der Waals surface area contributed by atoms with Gasteiger partial charge in [0, 0.05) is 17.3 Å². The van der Waals surface area contributed by atoms with Crippen molar-refractivity contribution in [3.05, 3.63) is 24.3 Å². The van der Waals surface area contributed by atoms with Crippen LogP contribution in [0.1, 0.15) is 39.5 Å². The number of benzene rings is 1. The fraction of sp³-hybridized carbons (Fsp3) is 0.500. The topological polar surface area (TPSA) is 55.1 Å². The number of nitrogens with one attached hydrogen (secondary N) is 1. The van der Waals surface area contributed by atoms with Crippen LogP contribution in [0.25, 0.3) is 0 Å². The highest BCUT2D eigenvalue weighted by atomic mass is 16.1. The zero-order chi connectivity index (χ0) is 12.7.